The highest BCUT2D eigenvalue weighted by molar-refractivity contribution is 5.55. The fourth-order valence-electron chi connectivity index (χ4n) is 2.26. The topological polar surface area (TPSA) is 71.2 Å². The van der Waals surface area contributed by atoms with Gasteiger partial charge in [-0.05, 0) is 37.1 Å². The molecular formula is C13H14FN3O2. The molecule has 0 spiro atoms. The lowest BCUT2D eigenvalue weighted by molar-refractivity contribution is 0.191. The molecule has 5 nitrogen and oxygen atoms in total. The minimum atomic E-state index is -0.392. The molecule has 0 unspecified atom stereocenters. The van der Waals surface area contributed by atoms with Gasteiger partial charge in [-0.25, -0.2) is 4.39 Å². The van der Waals surface area contributed by atoms with Crippen molar-refractivity contribution in [3.05, 3.63) is 35.5 Å². The number of halogens is 1. The molecule has 6 heteroatoms. The lowest BCUT2D eigenvalue weighted by Gasteiger charge is -2.01. The van der Waals surface area contributed by atoms with Crippen molar-refractivity contribution < 1.29 is 14.0 Å². The maximum Gasteiger partial charge on any atom is 0.244 e. The van der Waals surface area contributed by atoms with Crippen LogP contribution < -0.4 is 5.32 Å². The number of aliphatic hydroxyl groups is 1. The average Bonchev–Trinajstić information content (AvgIpc) is 2.95. The van der Waals surface area contributed by atoms with E-state index in [0.29, 0.717) is 30.2 Å². The van der Waals surface area contributed by atoms with E-state index in [4.69, 9.17) is 4.52 Å². The zero-order chi connectivity index (χ0) is 13.4. The van der Waals surface area contributed by atoms with Gasteiger partial charge in [0.1, 0.15) is 5.82 Å². The summed E-state index contributed by atoms with van der Waals surface area (Å²) in [4.78, 5) is 4.26. The third-order valence-corrected chi connectivity index (χ3v) is 3.15. The number of benzene rings is 1. The zero-order valence-corrected chi connectivity index (χ0v) is 10.4. The molecule has 0 aliphatic carbocycles. The van der Waals surface area contributed by atoms with Gasteiger partial charge >= 0.3 is 0 Å². The van der Waals surface area contributed by atoms with Crippen molar-refractivity contribution in [1.29, 1.82) is 0 Å². The predicted octanol–water partition coefficient (Wildman–Crippen LogP) is 1.58. The highest BCUT2D eigenvalue weighted by atomic mass is 19.1. The number of hydrogen-bond acceptors (Lipinski definition) is 5. The lowest BCUT2D eigenvalue weighted by Crippen LogP contribution is -2.15. The molecule has 0 radical (unpaired) electrons. The minimum Gasteiger partial charge on any atom is -0.392 e. The molecule has 0 amide bonds. The van der Waals surface area contributed by atoms with Crippen molar-refractivity contribution in [2.45, 2.75) is 25.5 Å². The van der Waals surface area contributed by atoms with E-state index < -0.39 is 6.10 Å². The van der Waals surface area contributed by atoms with Crippen LogP contribution in [0.2, 0.25) is 0 Å². The van der Waals surface area contributed by atoms with E-state index in [1.54, 1.807) is 6.07 Å². The first-order chi connectivity index (χ1) is 9.11. The van der Waals surface area contributed by atoms with Crippen LogP contribution in [0.1, 0.15) is 23.9 Å². The quantitative estimate of drug-likeness (QED) is 0.860. The maximum atomic E-state index is 13.3. The summed E-state index contributed by atoms with van der Waals surface area (Å²) >= 11 is 0. The number of rotatable bonds is 2. The van der Waals surface area contributed by atoms with Crippen LogP contribution in [0, 0.1) is 12.7 Å². The molecule has 1 aromatic heterocycles. The van der Waals surface area contributed by atoms with Crippen LogP contribution in [-0.2, 0) is 0 Å². The molecule has 3 rings (SSSR count). The van der Waals surface area contributed by atoms with Crippen molar-refractivity contribution in [3.8, 4) is 11.4 Å². The molecule has 0 bridgehead atoms. The largest absolute Gasteiger partial charge is 0.392 e. The summed E-state index contributed by atoms with van der Waals surface area (Å²) in [6.07, 6.45) is 0.154. The Kier molecular flexibility index (Phi) is 3.04. The van der Waals surface area contributed by atoms with Crippen LogP contribution in [0.25, 0.3) is 11.4 Å². The van der Waals surface area contributed by atoms with Gasteiger partial charge in [-0.15, -0.1) is 0 Å². The number of nitrogens with one attached hydrogen (secondary N) is 1. The Balaban J connectivity index is 1.88. The molecule has 2 N–H and O–H groups in total. The van der Waals surface area contributed by atoms with Crippen molar-refractivity contribution >= 4 is 0 Å². The summed E-state index contributed by atoms with van der Waals surface area (Å²) in [5, 5.41) is 16.4. The van der Waals surface area contributed by atoms with E-state index in [2.05, 4.69) is 15.5 Å². The van der Waals surface area contributed by atoms with E-state index in [1.165, 1.54) is 12.1 Å². The summed E-state index contributed by atoms with van der Waals surface area (Å²) in [5.41, 5.74) is 1.39. The highest BCUT2D eigenvalue weighted by Crippen LogP contribution is 2.25. The monoisotopic (exact) mass is 263 g/mol. The predicted molar refractivity (Wildman–Crippen MR) is 65.8 cm³/mol. The van der Waals surface area contributed by atoms with E-state index in [-0.39, 0.29) is 11.9 Å². The number of nitrogens with zero attached hydrogens (tertiary/aromatic N) is 2. The summed E-state index contributed by atoms with van der Waals surface area (Å²) in [6.45, 7) is 2.32. The van der Waals surface area contributed by atoms with E-state index in [0.717, 1.165) is 5.56 Å². The summed E-state index contributed by atoms with van der Waals surface area (Å²) in [7, 11) is 0. The van der Waals surface area contributed by atoms with Crippen molar-refractivity contribution in [2.75, 3.05) is 6.54 Å². The number of hydrogen-bond donors (Lipinski definition) is 2. The molecule has 2 atom stereocenters. The lowest BCUT2D eigenvalue weighted by atomic mass is 10.1. The van der Waals surface area contributed by atoms with Gasteiger partial charge in [-0.3, -0.25) is 0 Å². The number of aliphatic hydroxyl groups excluding tert-OH is 1. The van der Waals surface area contributed by atoms with Gasteiger partial charge < -0.3 is 14.9 Å². The maximum absolute atomic E-state index is 13.3. The van der Waals surface area contributed by atoms with Gasteiger partial charge in [0.25, 0.3) is 0 Å². The molecule has 1 aliphatic rings. The van der Waals surface area contributed by atoms with E-state index in [9.17, 15) is 9.50 Å². The summed E-state index contributed by atoms with van der Waals surface area (Å²) in [5.74, 6) is 0.463. The first-order valence-corrected chi connectivity index (χ1v) is 6.14. The molecule has 1 fully saturated rings. The summed E-state index contributed by atoms with van der Waals surface area (Å²) < 4.78 is 18.5. The van der Waals surface area contributed by atoms with E-state index in [1.807, 2.05) is 6.92 Å². The second-order valence-corrected chi connectivity index (χ2v) is 4.82. The summed E-state index contributed by atoms with van der Waals surface area (Å²) in [6, 6.07) is 4.48. The van der Waals surface area contributed by atoms with E-state index >= 15 is 0 Å². The van der Waals surface area contributed by atoms with Crippen LogP contribution in [0.15, 0.2) is 22.7 Å². The minimum absolute atomic E-state index is 0.133. The van der Waals surface area contributed by atoms with Crippen LogP contribution >= 0.6 is 0 Å². The van der Waals surface area contributed by atoms with Crippen LogP contribution in [0.5, 0.6) is 0 Å². The molecule has 1 aliphatic heterocycles. The van der Waals surface area contributed by atoms with Crippen molar-refractivity contribution in [3.63, 3.8) is 0 Å². The first-order valence-electron chi connectivity index (χ1n) is 6.14. The Hall–Kier alpha value is -1.79. The highest BCUT2D eigenvalue weighted by Gasteiger charge is 2.28. The van der Waals surface area contributed by atoms with Gasteiger partial charge in [0.15, 0.2) is 0 Å². The number of β-amino-alcohol motifs (C(OH)–C–C–N with tert-alkyl or cyclic N) is 1. The molecule has 19 heavy (non-hydrogen) atoms. The number of aromatic nitrogens is 2. The Morgan fingerprint density at radius 1 is 1.42 bits per heavy atom. The van der Waals surface area contributed by atoms with Crippen LogP contribution in [0.3, 0.4) is 0 Å². The van der Waals surface area contributed by atoms with Crippen molar-refractivity contribution in [1.82, 2.24) is 15.5 Å². The normalized spacial score (nSPS) is 22.9. The van der Waals surface area contributed by atoms with Gasteiger partial charge in [-0.2, -0.15) is 4.98 Å². The number of aryl methyl sites for hydroxylation is 1. The third kappa shape index (κ3) is 2.50. The third-order valence-electron chi connectivity index (χ3n) is 3.15. The van der Waals surface area contributed by atoms with Crippen LogP contribution in [-0.4, -0.2) is 27.9 Å². The smallest absolute Gasteiger partial charge is 0.244 e. The second kappa shape index (κ2) is 4.71. The molecule has 2 heterocycles. The second-order valence-electron chi connectivity index (χ2n) is 4.82. The average molecular weight is 263 g/mol. The van der Waals surface area contributed by atoms with Gasteiger partial charge in [0.2, 0.25) is 11.7 Å². The SMILES string of the molecule is Cc1cc(F)cc(-c2noc([C@H]3C[C@@H](O)CN3)n2)c1. The fourth-order valence-corrected chi connectivity index (χ4v) is 2.26. The van der Waals surface area contributed by atoms with Gasteiger partial charge in [-0.1, -0.05) is 5.16 Å². The van der Waals surface area contributed by atoms with Crippen LogP contribution in [0.4, 0.5) is 4.39 Å². The Bertz CT molecular complexity index is 579. The van der Waals surface area contributed by atoms with Gasteiger partial charge in [0.05, 0.1) is 12.1 Å². The molecule has 1 saturated heterocycles. The fraction of sp³-hybridized carbons (Fsp3) is 0.385. The Morgan fingerprint density at radius 2 is 2.26 bits per heavy atom. The molecule has 100 valence electrons. The molecular weight excluding hydrogens is 249 g/mol. The zero-order valence-electron chi connectivity index (χ0n) is 10.4. The molecule has 2 aromatic rings. The molecule has 0 saturated carbocycles. The van der Waals surface area contributed by atoms with Crippen molar-refractivity contribution in [2.24, 2.45) is 0 Å². The Labute approximate surface area is 109 Å². The van der Waals surface area contributed by atoms with Gasteiger partial charge in [0, 0.05) is 12.1 Å². The first kappa shape index (κ1) is 12.3. The molecule has 1 aromatic carbocycles. The standard InChI is InChI=1S/C13H14FN3O2/c1-7-2-8(4-9(14)3-7)12-16-13(19-17-12)11-5-10(18)6-15-11/h2-4,10-11,15,18H,5-6H2,1H3/t10-,11-/m1/s1. The Morgan fingerprint density at radius 3 is 2.95 bits per heavy atom.